The van der Waals surface area contributed by atoms with E-state index >= 15 is 0 Å². The Hall–Kier alpha value is -1.19. The minimum atomic E-state index is -3.61. The molecule has 1 aliphatic carbocycles. The van der Waals surface area contributed by atoms with Gasteiger partial charge in [-0.05, 0) is 26.7 Å². The van der Waals surface area contributed by atoms with E-state index in [9.17, 15) is 18.0 Å². The van der Waals surface area contributed by atoms with Crippen molar-refractivity contribution in [3.8, 4) is 0 Å². The highest BCUT2D eigenvalue weighted by atomic mass is 32.2. The minimum absolute atomic E-state index is 0.0354. The molecule has 0 radical (unpaired) electrons. The summed E-state index contributed by atoms with van der Waals surface area (Å²) >= 11 is 0. The lowest BCUT2D eigenvalue weighted by Crippen LogP contribution is -2.47. The van der Waals surface area contributed by atoms with Gasteiger partial charge in [-0.3, -0.25) is 4.79 Å². The van der Waals surface area contributed by atoms with Crippen LogP contribution in [0, 0.1) is 0 Å². The SMILES string of the molecule is CC(C)OCCS(=O)(=O)NCC(=O)NC1(C(=O)O)CC1. The second kappa shape index (κ2) is 6.51. The Morgan fingerprint density at radius 1 is 1.35 bits per heavy atom. The van der Waals surface area contributed by atoms with Gasteiger partial charge in [-0.1, -0.05) is 0 Å². The normalized spacial score (nSPS) is 16.9. The van der Waals surface area contributed by atoms with Crippen LogP contribution in [0.15, 0.2) is 0 Å². The number of carbonyl (C=O) groups excluding carboxylic acids is 1. The number of ether oxygens (including phenoxy) is 1. The van der Waals surface area contributed by atoms with Crippen molar-refractivity contribution in [1.82, 2.24) is 10.0 Å². The highest BCUT2D eigenvalue weighted by Crippen LogP contribution is 2.35. The van der Waals surface area contributed by atoms with Gasteiger partial charge in [-0.25, -0.2) is 17.9 Å². The second-order valence-electron chi connectivity index (χ2n) is 4.99. The van der Waals surface area contributed by atoms with E-state index in [2.05, 4.69) is 10.0 Å². The third-order valence-corrected chi connectivity index (χ3v) is 4.08. The van der Waals surface area contributed by atoms with Crippen LogP contribution in [-0.2, 0) is 24.3 Å². The first kappa shape index (κ1) is 16.9. The van der Waals surface area contributed by atoms with Crippen LogP contribution in [0.2, 0.25) is 0 Å². The fraction of sp³-hybridized carbons (Fsp3) is 0.818. The molecule has 0 aliphatic heterocycles. The summed E-state index contributed by atoms with van der Waals surface area (Å²) in [6.45, 7) is 3.13. The van der Waals surface area contributed by atoms with E-state index < -0.39 is 34.0 Å². The largest absolute Gasteiger partial charge is 0.480 e. The van der Waals surface area contributed by atoms with Gasteiger partial charge < -0.3 is 15.2 Å². The molecule has 3 N–H and O–H groups in total. The van der Waals surface area contributed by atoms with E-state index in [-0.39, 0.29) is 18.5 Å². The molecular weight excluding hydrogens is 288 g/mol. The van der Waals surface area contributed by atoms with E-state index in [0.29, 0.717) is 12.8 Å². The smallest absolute Gasteiger partial charge is 0.329 e. The standard InChI is InChI=1S/C11H20N2O6S/c1-8(2)19-5-6-20(17,18)12-7-9(14)13-11(3-4-11)10(15)16/h8,12H,3-7H2,1-2H3,(H,13,14)(H,15,16). The number of carboxylic acids is 1. The minimum Gasteiger partial charge on any atom is -0.480 e. The lowest BCUT2D eigenvalue weighted by molar-refractivity contribution is -0.142. The zero-order valence-electron chi connectivity index (χ0n) is 11.5. The van der Waals surface area contributed by atoms with E-state index in [1.165, 1.54) is 0 Å². The second-order valence-corrected chi connectivity index (χ2v) is 6.92. The molecule has 8 nitrogen and oxygen atoms in total. The molecule has 0 heterocycles. The molecule has 0 saturated heterocycles. The lowest BCUT2D eigenvalue weighted by Gasteiger charge is -2.13. The molecule has 116 valence electrons. The van der Waals surface area contributed by atoms with Crippen molar-refractivity contribution >= 4 is 21.9 Å². The molecule has 1 saturated carbocycles. The number of carboxylic acid groups (broad SMARTS) is 1. The van der Waals surface area contributed by atoms with E-state index in [1.54, 1.807) is 13.8 Å². The van der Waals surface area contributed by atoms with Crippen LogP contribution in [0.1, 0.15) is 26.7 Å². The fourth-order valence-electron chi connectivity index (χ4n) is 1.47. The van der Waals surface area contributed by atoms with Crippen molar-refractivity contribution in [3.05, 3.63) is 0 Å². The predicted octanol–water partition coefficient (Wildman–Crippen LogP) is -0.936. The molecule has 0 atom stereocenters. The average molecular weight is 308 g/mol. The molecule has 1 fully saturated rings. The summed E-state index contributed by atoms with van der Waals surface area (Å²) in [6, 6.07) is 0. The Kier molecular flexibility index (Phi) is 5.49. The molecule has 0 spiro atoms. The molecule has 0 bridgehead atoms. The number of amides is 1. The molecule has 0 aromatic rings. The monoisotopic (exact) mass is 308 g/mol. The summed E-state index contributed by atoms with van der Waals surface area (Å²) in [6.07, 6.45) is 0.658. The molecule has 0 aromatic carbocycles. The van der Waals surface area contributed by atoms with Crippen LogP contribution in [0.3, 0.4) is 0 Å². The number of rotatable bonds is 9. The molecule has 0 unspecified atom stereocenters. The van der Waals surface area contributed by atoms with Gasteiger partial charge >= 0.3 is 5.97 Å². The van der Waals surface area contributed by atoms with Crippen LogP contribution >= 0.6 is 0 Å². The van der Waals surface area contributed by atoms with Gasteiger partial charge in [-0.15, -0.1) is 0 Å². The average Bonchev–Trinajstić information content (AvgIpc) is 3.07. The lowest BCUT2D eigenvalue weighted by atomic mass is 10.3. The third-order valence-electron chi connectivity index (χ3n) is 2.79. The summed E-state index contributed by atoms with van der Waals surface area (Å²) < 4.78 is 30.3. The van der Waals surface area contributed by atoms with Crippen molar-refractivity contribution in [2.24, 2.45) is 0 Å². The van der Waals surface area contributed by atoms with Gasteiger partial charge in [0.2, 0.25) is 15.9 Å². The van der Waals surface area contributed by atoms with Gasteiger partial charge in [0.25, 0.3) is 0 Å². The van der Waals surface area contributed by atoms with Gasteiger partial charge in [-0.2, -0.15) is 0 Å². The summed E-state index contributed by atoms with van der Waals surface area (Å²) in [5.41, 5.74) is -1.21. The van der Waals surface area contributed by atoms with Gasteiger partial charge in [0, 0.05) is 0 Å². The molecule has 1 aliphatic rings. The predicted molar refractivity (Wildman–Crippen MR) is 70.6 cm³/mol. The van der Waals surface area contributed by atoms with Crippen LogP contribution < -0.4 is 10.0 Å². The van der Waals surface area contributed by atoms with Crippen LogP contribution in [-0.4, -0.2) is 55.9 Å². The molecule has 1 rings (SSSR count). The summed E-state index contributed by atoms with van der Waals surface area (Å²) in [7, 11) is -3.61. The summed E-state index contributed by atoms with van der Waals surface area (Å²) in [5, 5.41) is 11.2. The Morgan fingerprint density at radius 3 is 2.40 bits per heavy atom. The van der Waals surface area contributed by atoms with E-state index in [4.69, 9.17) is 9.84 Å². The number of hydrogen-bond donors (Lipinski definition) is 3. The van der Waals surface area contributed by atoms with E-state index in [1.807, 2.05) is 0 Å². The fourth-order valence-corrected chi connectivity index (χ4v) is 2.28. The van der Waals surface area contributed by atoms with E-state index in [0.717, 1.165) is 0 Å². The van der Waals surface area contributed by atoms with Crippen molar-refractivity contribution in [3.63, 3.8) is 0 Å². The highest BCUT2D eigenvalue weighted by molar-refractivity contribution is 7.89. The molecule has 0 aromatic heterocycles. The van der Waals surface area contributed by atoms with Crippen LogP contribution in [0.4, 0.5) is 0 Å². The van der Waals surface area contributed by atoms with Gasteiger partial charge in [0.15, 0.2) is 0 Å². The zero-order chi connectivity index (χ0) is 15.4. The highest BCUT2D eigenvalue weighted by Gasteiger charge is 2.51. The Balaban J connectivity index is 2.31. The third kappa shape index (κ3) is 5.43. The maximum absolute atomic E-state index is 11.5. The maximum atomic E-state index is 11.5. The maximum Gasteiger partial charge on any atom is 0.329 e. The first-order chi connectivity index (χ1) is 9.17. The van der Waals surface area contributed by atoms with Crippen molar-refractivity contribution < 1.29 is 27.9 Å². The number of aliphatic carboxylic acids is 1. The molecule has 9 heteroatoms. The number of carbonyl (C=O) groups is 2. The summed E-state index contributed by atoms with van der Waals surface area (Å²) in [5.74, 6) is -2.00. The van der Waals surface area contributed by atoms with Crippen LogP contribution in [0.25, 0.3) is 0 Å². The van der Waals surface area contributed by atoms with Crippen molar-refractivity contribution in [2.75, 3.05) is 18.9 Å². The van der Waals surface area contributed by atoms with Crippen molar-refractivity contribution in [2.45, 2.75) is 38.3 Å². The number of hydrogen-bond acceptors (Lipinski definition) is 5. The first-order valence-electron chi connectivity index (χ1n) is 6.30. The Labute approximate surface area is 117 Å². The molecule has 1 amide bonds. The quantitative estimate of drug-likeness (QED) is 0.505. The number of nitrogens with one attached hydrogen (secondary N) is 2. The molecular formula is C11H20N2O6S. The molecule has 20 heavy (non-hydrogen) atoms. The van der Waals surface area contributed by atoms with Gasteiger partial charge in [0.1, 0.15) is 5.54 Å². The van der Waals surface area contributed by atoms with Gasteiger partial charge in [0.05, 0.1) is 25.0 Å². The Morgan fingerprint density at radius 2 is 1.95 bits per heavy atom. The zero-order valence-corrected chi connectivity index (χ0v) is 12.3. The number of sulfonamides is 1. The summed E-state index contributed by atoms with van der Waals surface area (Å²) in [4.78, 5) is 22.4. The topological polar surface area (TPSA) is 122 Å². The van der Waals surface area contributed by atoms with Crippen molar-refractivity contribution in [1.29, 1.82) is 0 Å². The first-order valence-corrected chi connectivity index (χ1v) is 7.95. The Bertz CT molecular complexity index is 469. The van der Waals surface area contributed by atoms with Crippen LogP contribution in [0.5, 0.6) is 0 Å².